The summed E-state index contributed by atoms with van der Waals surface area (Å²) in [5.74, 6) is -1.03. The fourth-order valence-corrected chi connectivity index (χ4v) is 1.83. The number of carboxylic acid groups (broad SMARTS) is 1. The highest BCUT2D eigenvalue weighted by Gasteiger charge is 2.16. The third-order valence-electron chi connectivity index (χ3n) is 2.12. The molecule has 1 aromatic heterocycles. The quantitative estimate of drug-likeness (QED) is 0.704. The summed E-state index contributed by atoms with van der Waals surface area (Å²) in [7, 11) is 0. The Kier molecular flexibility index (Phi) is 5.41. The molecule has 0 radical (unpaired) electrons. The van der Waals surface area contributed by atoms with Crippen molar-refractivity contribution in [3.8, 4) is 0 Å². The van der Waals surface area contributed by atoms with Crippen LogP contribution in [0.15, 0.2) is 11.6 Å². The summed E-state index contributed by atoms with van der Waals surface area (Å²) < 4.78 is 0. The molecule has 0 aromatic carbocycles. The Morgan fingerprint density at radius 3 is 2.88 bits per heavy atom. The lowest BCUT2D eigenvalue weighted by molar-refractivity contribution is -0.139. The highest BCUT2D eigenvalue weighted by atomic mass is 32.1. The maximum atomic E-state index is 11.3. The summed E-state index contributed by atoms with van der Waals surface area (Å²) in [6.45, 7) is 2.14. The van der Waals surface area contributed by atoms with Crippen LogP contribution in [-0.2, 0) is 11.2 Å². The Morgan fingerprint density at radius 2 is 2.35 bits per heavy atom. The number of amides is 2. The number of carbonyl (C=O) groups excluding carboxylic acids is 1. The second-order valence-electron chi connectivity index (χ2n) is 3.38. The second kappa shape index (κ2) is 6.85. The average molecular weight is 257 g/mol. The van der Waals surface area contributed by atoms with Gasteiger partial charge in [0, 0.05) is 24.5 Å². The molecule has 94 valence electrons. The lowest BCUT2D eigenvalue weighted by Gasteiger charge is -2.12. The van der Waals surface area contributed by atoms with Crippen molar-refractivity contribution >= 4 is 23.3 Å². The predicted octanol–water partition coefficient (Wildman–Crippen LogP) is 0.848. The molecule has 2 amide bonds. The summed E-state index contributed by atoms with van der Waals surface area (Å²) in [5.41, 5.74) is 0. The third-order valence-corrected chi connectivity index (χ3v) is 2.96. The van der Waals surface area contributed by atoms with Gasteiger partial charge in [-0.2, -0.15) is 0 Å². The molecule has 0 saturated heterocycles. The van der Waals surface area contributed by atoms with E-state index in [1.54, 1.807) is 13.1 Å². The fourth-order valence-electron chi connectivity index (χ4n) is 1.21. The van der Waals surface area contributed by atoms with Crippen molar-refractivity contribution in [1.82, 2.24) is 15.6 Å². The van der Waals surface area contributed by atoms with Crippen LogP contribution in [-0.4, -0.2) is 34.7 Å². The molecule has 0 fully saturated rings. The number of hydrogen-bond acceptors (Lipinski definition) is 4. The van der Waals surface area contributed by atoms with E-state index in [1.165, 1.54) is 11.3 Å². The van der Waals surface area contributed by atoms with Gasteiger partial charge in [0.2, 0.25) is 0 Å². The number of carboxylic acids is 1. The fraction of sp³-hybridized carbons (Fsp3) is 0.500. The van der Waals surface area contributed by atoms with Gasteiger partial charge < -0.3 is 15.7 Å². The van der Waals surface area contributed by atoms with Crippen LogP contribution in [0.2, 0.25) is 0 Å². The van der Waals surface area contributed by atoms with E-state index >= 15 is 0 Å². The number of hydrogen-bond donors (Lipinski definition) is 3. The van der Waals surface area contributed by atoms with Crippen molar-refractivity contribution in [2.24, 2.45) is 0 Å². The van der Waals surface area contributed by atoms with Crippen LogP contribution in [0.4, 0.5) is 4.79 Å². The molecule has 0 aliphatic rings. The van der Waals surface area contributed by atoms with E-state index in [0.717, 1.165) is 5.01 Å². The summed E-state index contributed by atoms with van der Waals surface area (Å²) >= 11 is 1.52. The minimum atomic E-state index is -1.03. The van der Waals surface area contributed by atoms with Crippen molar-refractivity contribution in [2.45, 2.75) is 25.8 Å². The average Bonchev–Trinajstić information content (AvgIpc) is 2.78. The molecule has 0 aliphatic heterocycles. The Morgan fingerprint density at radius 1 is 1.59 bits per heavy atom. The minimum absolute atomic E-state index is 0.356. The summed E-state index contributed by atoms with van der Waals surface area (Å²) in [6.07, 6.45) is 2.71. The lowest BCUT2D eigenvalue weighted by atomic mass is 10.2. The normalized spacial score (nSPS) is 11.8. The van der Waals surface area contributed by atoms with Crippen LogP contribution in [0, 0.1) is 0 Å². The molecule has 3 N–H and O–H groups in total. The summed E-state index contributed by atoms with van der Waals surface area (Å²) in [5, 5.41) is 16.5. The standard InChI is InChI=1S/C10H15N3O3S/c1-2-7(9(14)15)13-10(16)12-4-3-8-11-5-6-17-8/h5-7H,2-4H2,1H3,(H,14,15)(H2,12,13,16)/t7-/m0/s1. The molecule has 6 nitrogen and oxygen atoms in total. The number of rotatable bonds is 6. The Bertz CT molecular complexity index is 367. The molecule has 0 bridgehead atoms. The number of urea groups is 1. The van der Waals surface area contributed by atoms with Gasteiger partial charge in [0.05, 0.1) is 5.01 Å². The number of thiazole rings is 1. The zero-order valence-corrected chi connectivity index (χ0v) is 10.3. The van der Waals surface area contributed by atoms with Crippen LogP contribution < -0.4 is 10.6 Å². The van der Waals surface area contributed by atoms with Crippen molar-refractivity contribution in [3.63, 3.8) is 0 Å². The van der Waals surface area contributed by atoms with Crippen molar-refractivity contribution in [1.29, 1.82) is 0 Å². The maximum absolute atomic E-state index is 11.3. The lowest BCUT2D eigenvalue weighted by Crippen LogP contribution is -2.46. The number of carbonyl (C=O) groups is 2. The number of nitrogens with one attached hydrogen (secondary N) is 2. The summed E-state index contributed by atoms with van der Waals surface area (Å²) in [4.78, 5) is 26.1. The summed E-state index contributed by atoms with van der Waals surface area (Å²) in [6, 6.07) is -1.30. The van der Waals surface area contributed by atoms with E-state index in [4.69, 9.17) is 5.11 Å². The van der Waals surface area contributed by atoms with Crippen molar-refractivity contribution in [3.05, 3.63) is 16.6 Å². The van der Waals surface area contributed by atoms with E-state index < -0.39 is 18.0 Å². The van der Waals surface area contributed by atoms with Crippen LogP contribution in [0.3, 0.4) is 0 Å². The minimum Gasteiger partial charge on any atom is -0.480 e. The molecule has 0 saturated carbocycles. The molecule has 0 unspecified atom stereocenters. The van der Waals surface area contributed by atoms with Gasteiger partial charge in [-0.25, -0.2) is 14.6 Å². The van der Waals surface area contributed by atoms with Gasteiger partial charge in [0.15, 0.2) is 0 Å². The Hall–Kier alpha value is -1.63. The molecule has 17 heavy (non-hydrogen) atoms. The monoisotopic (exact) mass is 257 g/mol. The second-order valence-corrected chi connectivity index (χ2v) is 4.35. The van der Waals surface area contributed by atoms with E-state index in [2.05, 4.69) is 15.6 Å². The highest BCUT2D eigenvalue weighted by Crippen LogP contribution is 2.03. The van der Waals surface area contributed by atoms with Gasteiger partial charge >= 0.3 is 12.0 Å². The van der Waals surface area contributed by atoms with Gasteiger partial charge in [-0.15, -0.1) is 11.3 Å². The molecule has 1 rings (SSSR count). The molecular formula is C10H15N3O3S. The van der Waals surface area contributed by atoms with Crippen LogP contribution in [0.1, 0.15) is 18.4 Å². The first kappa shape index (κ1) is 13.4. The largest absolute Gasteiger partial charge is 0.480 e. The molecule has 0 spiro atoms. The molecular weight excluding hydrogens is 242 g/mol. The van der Waals surface area contributed by atoms with E-state index in [1.807, 2.05) is 5.38 Å². The van der Waals surface area contributed by atoms with E-state index in [0.29, 0.717) is 19.4 Å². The Balaban J connectivity index is 2.23. The first-order valence-electron chi connectivity index (χ1n) is 5.29. The molecule has 0 aliphatic carbocycles. The van der Waals surface area contributed by atoms with Gasteiger partial charge in [0.1, 0.15) is 6.04 Å². The molecule has 1 atom stereocenters. The van der Waals surface area contributed by atoms with Gasteiger partial charge in [0.25, 0.3) is 0 Å². The van der Waals surface area contributed by atoms with E-state index in [9.17, 15) is 9.59 Å². The predicted molar refractivity (Wildman–Crippen MR) is 64.1 cm³/mol. The van der Waals surface area contributed by atoms with Gasteiger partial charge in [-0.1, -0.05) is 6.92 Å². The topological polar surface area (TPSA) is 91.3 Å². The SMILES string of the molecule is CC[C@H](NC(=O)NCCc1nccs1)C(=O)O. The first-order chi connectivity index (χ1) is 8.13. The van der Waals surface area contributed by atoms with E-state index in [-0.39, 0.29) is 0 Å². The van der Waals surface area contributed by atoms with Crippen LogP contribution in [0.25, 0.3) is 0 Å². The number of aromatic nitrogens is 1. The molecule has 1 heterocycles. The number of aliphatic carboxylic acids is 1. The smallest absolute Gasteiger partial charge is 0.326 e. The highest BCUT2D eigenvalue weighted by molar-refractivity contribution is 7.09. The van der Waals surface area contributed by atoms with Gasteiger partial charge in [-0.3, -0.25) is 0 Å². The maximum Gasteiger partial charge on any atom is 0.326 e. The van der Waals surface area contributed by atoms with Crippen LogP contribution in [0.5, 0.6) is 0 Å². The van der Waals surface area contributed by atoms with Crippen molar-refractivity contribution in [2.75, 3.05) is 6.54 Å². The zero-order chi connectivity index (χ0) is 12.7. The van der Waals surface area contributed by atoms with Gasteiger partial charge in [-0.05, 0) is 6.42 Å². The molecule has 7 heteroatoms. The zero-order valence-electron chi connectivity index (χ0n) is 9.47. The third kappa shape index (κ3) is 4.81. The Labute approximate surface area is 103 Å². The van der Waals surface area contributed by atoms with Crippen LogP contribution >= 0.6 is 11.3 Å². The molecule has 1 aromatic rings. The van der Waals surface area contributed by atoms with Crippen molar-refractivity contribution < 1.29 is 14.7 Å². The number of nitrogens with zero attached hydrogens (tertiary/aromatic N) is 1. The first-order valence-corrected chi connectivity index (χ1v) is 6.17.